The molecule has 0 saturated heterocycles. The van der Waals surface area contributed by atoms with Gasteiger partial charge in [0.05, 0.1) is 5.69 Å². The molecule has 1 N–H and O–H groups in total. The minimum atomic E-state index is -0.430. The maximum absolute atomic E-state index is 12.5. The summed E-state index contributed by atoms with van der Waals surface area (Å²) < 4.78 is 6.38. The van der Waals surface area contributed by atoms with Crippen molar-refractivity contribution in [3.8, 4) is 11.3 Å². The van der Waals surface area contributed by atoms with Gasteiger partial charge in [-0.25, -0.2) is 4.68 Å². The van der Waals surface area contributed by atoms with Crippen molar-refractivity contribution < 1.29 is 9.32 Å². The Morgan fingerprint density at radius 1 is 1.03 bits per heavy atom. The normalized spacial score (nSPS) is 12.9. The number of aromatic nitrogens is 4. The van der Waals surface area contributed by atoms with Gasteiger partial charge in [-0.15, -0.1) is 0 Å². The minimum Gasteiger partial charge on any atom is -0.371 e. The molecule has 5 rings (SSSR count). The van der Waals surface area contributed by atoms with E-state index in [1.165, 1.54) is 22.0 Å². The lowest BCUT2D eigenvalue weighted by atomic mass is 10.0. The van der Waals surface area contributed by atoms with Crippen LogP contribution in [0.2, 0.25) is 0 Å². The van der Waals surface area contributed by atoms with Gasteiger partial charge in [0.25, 0.3) is 5.56 Å². The fraction of sp³-hybridized carbons (Fsp3) is 0.269. The summed E-state index contributed by atoms with van der Waals surface area (Å²) in [7, 11) is 0. The molecule has 9 heteroatoms. The Labute approximate surface area is 202 Å². The van der Waals surface area contributed by atoms with Crippen LogP contribution in [0.15, 0.2) is 76.0 Å². The van der Waals surface area contributed by atoms with Crippen molar-refractivity contribution in [3.05, 3.63) is 94.4 Å². The fourth-order valence-corrected chi connectivity index (χ4v) is 4.26. The van der Waals surface area contributed by atoms with Crippen molar-refractivity contribution >= 4 is 11.6 Å². The maximum atomic E-state index is 12.5. The average molecular weight is 471 g/mol. The molecular weight excluding hydrogens is 444 g/mol. The lowest BCUT2D eigenvalue weighted by Gasteiger charge is -2.31. The summed E-state index contributed by atoms with van der Waals surface area (Å²) in [6.07, 6.45) is 3.05. The van der Waals surface area contributed by atoms with Gasteiger partial charge in [-0.1, -0.05) is 53.7 Å². The fourth-order valence-electron chi connectivity index (χ4n) is 4.26. The lowest BCUT2D eigenvalue weighted by molar-refractivity contribution is 0.0909. The van der Waals surface area contributed by atoms with Crippen LogP contribution in [0.3, 0.4) is 0 Å². The van der Waals surface area contributed by atoms with Gasteiger partial charge in [0.1, 0.15) is 6.54 Å². The Hall–Kier alpha value is -4.27. The van der Waals surface area contributed by atoms with Crippen LogP contribution in [0.4, 0.5) is 5.69 Å². The summed E-state index contributed by atoms with van der Waals surface area (Å²) in [6, 6.07) is 21.1. The van der Waals surface area contributed by atoms with E-state index in [-0.39, 0.29) is 23.8 Å². The number of aryl methyl sites for hydroxylation is 1. The number of nitrogens with zero attached hydrogens (tertiary/aromatic N) is 5. The van der Waals surface area contributed by atoms with Gasteiger partial charge in [-0.2, -0.15) is 10.1 Å². The lowest BCUT2D eigenvalue weighted by Crippen LogP contribution is -2.33. The van der Waals surface area contributed by atoms with Crippen LogP contribution in [0.25, 0.3) is 11.3 Å². The van der Waals surface area contributed by atoms with Crippen molar-refractivity contribution in [2.75, 3.05) is 24.5 Å². The van der Waals surface area contributed by atoms with Crippen LogP contribution in [-0.2, 0) is 13.0 Å². The molecule has 0 fully saturated rings. The standard InChI is InChI=1S/C26H26N6O3/c33-24-14-13-21(19-8-2-1-3-9-19)29-32(24)18-23-28-26(35-30-23)25(34)27-15-7-17-31-16-6-11-20-10-4-5-12-22(20)31/h1-5,8-10,12-14H,6-7,11,15-18H2,(H,27,34). The van der Waals surface area contributed by atoms with Gasteiger partial charge in [0.15, 0.2) is 5.82 Å². The molecule has 9 nitrogen and oxygen atoms in total. The molecule has 35 heavy (non-hydrogen) atoms. The zero-order chi connectivity index (χ0) is 24.0. The second-order valence-corrected chi connectivity index (χ2v) is 8.43. The van der Waals surface area contributed by atoms with Crippen LogP contribution < -0.4 is 15.8 Å². The topological polar surface area (TPSA) is 106 Å². The Morgan fingerprint density at radius 2 is 1.86 bits per heavy atom. The van der Waals surface area contributed by atoms with Gasteiger partial charge in [0, 0.05) is 37.0 Å². The van der Waals surface area contributed by atoms with Gasteiger partial charge < -0.3 is 14.7 Å². The molecule has 3 heterocycles. The molecule has 0 aliphatic carbocycles. The zero-order valence-corrected chi connectivity index (χ0v) is 19.3. The van der Waals surface area contributed by atoms with Crippen LogP contribution in [0.5, 0.6) is 0 Å². The van der Waals surface area contributed by atoms with E-state index in [1.54, 1.807) is 6.07 Å². The molecule has 1 amide bonds. The van der Waals surface area contributed by atoms with Crippen LogP contribution in [0.1, 0.15) is 34.9 Å². The van der Waals surface area contributed by atoms with Crippen molar-refractivity contribution in [1.82, 2.24) is 25.2 Å². The van der Waals surface area contributed by atoms with Gasteiger partial charge in [-0.3, -0.25) is 9.59 Å². The van der Waals surface area contributed by atoms with E-state index >= 15 is 0 Å². The maximum Gasteiger partial charge on any atom is 0.316 e. The quantitative estimate of drug-likeness (QED) is 0.395. The number of carbonyl (C=O) groups is 1. The van der Waals surface area contributed by atoms with Gasteiger partial charge >= 0.3 is 11.8 Å². The number of benzene rings is 2. The zero-order valence-electron chi connectivity index (χ0n) is 19.3. The molecule has 0 spiro atoms. The molecule has 4 aromatic rings. The molecule has 2 aromatic heterocycles. The first-order valence-corrected chi connectivity index (χ1v) is 11.7. The van der Waals surface area contributed by atoms with E-state index in [0.717, 1.165) is 37.9 Å². The minimum absolute atomic E-state index is 0.00462. The number of carbonyl (C=O) groups excluding carboxylic acids is 1. The van der Waals surface area contributed by atoms with Crippen molar-refractivity contribution in [3.63, 3.8) is 0 Å². The second kappa shape index (κ2) is 10.3. The van der Waals surface area contributed by atoms with E-state index < -0.39 is 5.91 Å². The third kappa shape index (κ3) is 5.29. The van der Waals surface area contributed by atoms with Crippen molar-refractivity contribution in [1.29, 1.82) is 0 Å². The smallest absolute Gasteiger partial charge is 0.316 e. The van der Waals surface area contributed by atoms with Gasteiger partial charge in [0.2, 0.25) is 0 Å². The monoisotopic (exact) mass is 470 g/mol. The number of hydrogen-bond acceptors (Lipinski definition) is 7. The van der Waals surface area contributed by atoms with Crippen LogP contribution in [-0.4, -0.2) is 45.5 Å². The summed E-state index contributed by atoms with van der Waals surface area (Å²) in [6.45, 7) is 2.38. The Bertz CT molecular complexity index is 1360. The molecule has 0 saturated carbocycles. The third-order valence-electron chi connectivity index (χ3n) is 5.99. The van der Waals surface area contributed by atoms with Crippen LogP contribution in [0, 0.1) is 0 Å². The SMILES string of the molecule is O=C(NCCCN1CCCc2ccccc21)c1nc(Cn2nc(-c3ccccc3)ccc2=O)no1. The highest BCUT2D eigenvalue weighted by Gasteiger charge is 2.18. The number of para-hydroxylation sites is 1. The highest BCUT2D eigenvalue weighted by atomic mass is 16.5. The third-order valence-corrected chi connectivity index (χ3v) is 5.99. The van der Waals surface area contributed by atoms with E-state index in [9.17, 15) is 9.59 Å². The number of anilines is 1. The van der Waals surface area contributed by atoms with E-state index in [2.05, 4.69) is 49.7 Å². The van der Waals surface area contributed by atoms with E-state index in [4.69, 9.17) is 4.52 Å². The molecule has 0 unspecified atom stereocenters. The summed E-state index contributed by atoms with van der Waals surface area (Å²) in [5.74, 6) is -0.350. The molecule has 1 aliphatic rings. The summed E-state index contributed by atoms with van der Waals surface area (Å²) in [5, 5.41) is 11.1. The highest BCUT2D eigenvalue weighted by molar-refractivity contribution is 5.89. The highest BCUT2D eigenvalue weighted by Crippen LogP contribution is 2.26. The number of rotatable bonds is 8. The molecule has 0 bridgehead atoms. The van der Waals surface area contributed by atoms with Crippen LogP contribution >= 0.6 is 0 Å². The Kier molecular flexibility index (Phi) is 6.65. The summed E-state index contributed by atoms with van der Waals surface area (Å²) in [5.41, 5.74) is 3.92. The number of hydrogen-bond donors (Lipinski definition) is 1. The summed E-state index contributed by atoms with van der Waals surface area (Å²) >= 11 is 0. The van der Waals surface area contributed by atoms with Crippen molar-refractivity contribution in [2.24, 2.45) is 0 Å². The first-order valence-electron chi connectivity index (χ1n) is 11.7. The predicted molar refractivity (Wildman–Crippen MR) is 131 cm³/mol. The molecule has 0 atom stereocenters. The van der Waals surface area contributed by atoms with E-state index in [1.807, 2.05) is 30.3 Å². The average Bonchev–Trinajstić information content (AvgIpc) is 3.37. The predicted octanol–water partition coefficient (Wildman–Crippen LogP) is 2.91. The summed E-state index contributed by atoms with van der Waals surface area (Å²) in [4.78, 5) is 31.2. The van der Waals surface area contributed by atoms with Crippen molar-refractivity contribution in [2.45, 2.75) is 25.8 Å². The number of nitrogens with one attached hydrogen (secondary N) is 1. The first kappa shape index (κ1) is 22.5. The second-order valence-electron chi connectivity index (χ2n) is 8.43. The molecule has 2 aromatic carbocycles. The largest absolute Gasteiger partial charge is 0.371 e. The first-order chi connectivity index (χ1) is 17.2. The Morgan fingerprint density at radius 3 is 2.74 bits per heavy atom. The van der Waals surface area contributed by atoms with Gasteiger partial charge in [-0.05, 0) is 37.0 Å². The molecule has 0 radical (unpaired) electrons. The number of fused-ring (bicyclic) bond motifs is 1. The molecule has 178 valence electrons. The number of amides is 1. The molecular formula is C26H26N6O3. The van der Waals surface area contributed by atoms with E-state index in [0.29, 0.717) is 12.2 Å². The molecule has 1 aliphatic heterocycles. The Balaban J connectivity index is 1.15.